The highest BCUT2D eigenvalue weighted by molar-refractivity contribution is 7.10. The van der Waals surface area contributed by atoms with Crippen LogP contribution >= 0.6 is 11.3 Å². The van der Waals surface area contributed by atoms with Gasteiger partial charge in [-0.3, -0.25) is 10.1 Å². The number of rotatable bonds is 9. The monoisotopic (exact) mass is 364 g/mol. The number of thiophene rings is 1. The molecule has 0 bridgehead atoms. The van der Waals surface area contributed by atoms with Crippen molar-refractivity contribution in [3.63, 3.8) is 0 Å². The van der Waals surface area contributed by atoms with E-state index in [0.29, 0.717) is 13.1 Å². The maximum Gasteiger partial charge on any atom is 0.233 e. The van der Waals surface area contributed by atoms with Gasteiger partial charge in [0.05, 0.1) is 12.6 Å². The van der Waals surface area contributed by atoms with Crippen LogP contribution in [-0.2, 0) is 11.2 Å². The van der Waals surface area contributed by atoms with E-state index in [0.717, 1.165) is 12.8 Å². The lowest BCUT2D eigenvalue weighted by atomic mass is 10.1. The Morgan fingerprint density at radius 1 is 0.923 bits per heavy atom. The van der Waals surface area contributed by atoms with Gasteiger partial charge in [-0.25, -0.2) is 0 Å². The molecule has 134 valence electrons. The third-order valence-corrected chi connectivity index (χ3v) is 5.17. The minimum atomic E-state index is 0.0375. The fourth-order valence-corrected chi connectivity index (χ4v) is 3.73. The average molecular weight is 365 g/mol. The Labute approximate surface area is 159 Å². The van der Waals surface area contributed by atoms with Gasteiger partial charge in [-0.05, 0) is 35.4 Å². The summed E-state index contributed by atoms with van der Waals surface area (Å²) in [6, 6.07) is 24.8. The lowest BCUT2D eigenvalue weighted by Gasteiger charge is -2.18. The van der Waals surface area contributed by atoms with Crippen LogP contribution in [0.25, 0.3) is 0 Å². The van der Waals surface area contributed by atoms with Crippen LogP contribution in [0.4, 0.5) is 0 Å². The Balaban J connectivity index is 1.46. The predicted octanol–water partition coefficient (Wildman–Crippen LogP) is 4.18. The van der Waals surface area contributed by atoms with Crippen molar-refractivity contribution in [3.8, 4) is 0 Å². The normalized spacial score (nSPS) is 11.8. The molecule has 3 aromatic rings. The molecule has 0 saturated heterocycles. The van der Waals surface area contributed by atoms with Crippen LogP contribution < -0.4 is 10.6 Å². The fourth-order valence-electron chi connectivity index (χ4n) is 2.91. The summed E-state index contributed by atoms with van der Waals surface area (Å²) >= 11 is 1.70. The van der Waals surface area contributed by atoms with Crippen LogP contribution in [0.2, 0.25) is 0 Å². The van der Waals surface area contributed by atoms with E-state index >= 15 is 0 Å². The molecule has 0 aliphatic carbocycles. The molecule has 1 atom stereocenters. The second-order valence-corrected chi connectivity index (χ2v) is 7.16. The first-order valence-electron chi connectivity index (χ1n) is 8.95. The van der Waals surface area contributed by atoms with Gasteiger partial charge in [-0.15, -0.1) is 11.3 Å². The topological polar surface area (TPSA) is 41.1 Å². The second kappa shape index (κ2) is 9.90. The summed E-state index contributed by atoms with van der Waals surface area (Å²) in [5.74, 6) is 0.0375. The van der Waals surface area contributed by atoms with Crippen LogP contribution in [0.5, 0.6) is 0 Å². The summed E-state index contributed by atoms with van der Waals surface area (Å²) in [4.78, 5) is 13.4. The molecule has 1 aromatic heterocycles. The minimum absolute atomic E-state index is 0.0375. The van der Waals surface area contributed by atoms with Crippen molar-refractivity contribution in [1.29, 1.82) is 0 Å². The van der Waals surface area contributed by atoms with Crippen LogP contribution in [0.3, 0.4) is 0 Å². The molecule has 26 heavy (non-hydrogen) atoms. The Kier molecular flexibility index (Phi) is 6.99. The van der Waals surface area contributed by atoms with Crippen molar-refractivity contribution in [2.45, 2.75) is 18.9 Å². The van der Waals surface area contributed by atoms with Crippen molar-refractivity contribution in [1.82, 2.24) is 10.6 Å². The van der Waals surface area contributed by atoms with Crippen molar-refractivity contribution in [2.75, 3.05) is 13.1 Å². The first-order chi connectivity index (χ1) is 12.8. The van der Waals surface area contributed by atoms with Gasteiger partial charge in [0.25, 0.3) is 0 Å². The third kappa shape index (κ3) is 5.55. The van der Waals surface area contributed by atoms with Gasteiger partial charge < -0.3 is 5.32 Å². The molecule has 1 amide bonds. The molecule has 1 heterocycles. The Morgan fingerprint density at radius 3 is 2.35 bits per heavy atom. The zero-order chi connectivity index (χ0) is 18.0. The van der Waals surface area contributed by atoms with Crippen molar-refractivity contribution in [3.05, 3.63) is 94.2 Å². The van der Waals surface area contributed by atoms with Gasteiger partial charge in [0.1, 0.15) is 0 Å². The van der Waals surface area contributed by atoms with E-state index in [4.69, 9.17) is 0 Å². The zero-order valence-electron chi connectivity index (χ0n) is 14.7. The second-order valence-electron chi connectivity index (χ2n) is 6.18. The lowest BCUT2D eigenvalue weighted by Crippen LogP contribution is -2.36. The molecule has 0 aliphatic rings. The van der Waals surface area contributed by atoms with Crippen LogP contribution in [0.1, 0.15) is 28.5 Å². The van der Waals surface area contributed by atoms with E-state index in [1.807, 2.05) is 42.5 Å². The fraction of sp³-hybridized carbons (Fsp3) is 0.227. The smallest absolute Gasteiger partial charge is 0.233 e. The van der Waals surface area contributed by atoms with Crippen molar-refractivity contribution < 1.29 is 4.79 Å². The average Bonchev–Trinajstić information content (AvgIpc) is 3.22. The number of aryl methyl sites for hydroxylation is 1. The Morgan fingerprint density at radius 2 is 1.65 bits per heavy atom. The van der Waals surface area contributed by atoms with Gasteiger partial charge in [0.15, 0.2) is 0 Å². The van der Waals surface area contributed by atoms with E-state index in [9.17, 15) is 4.79 Å². The maximum atomic E-state index is 12.2. The molecule has 3 nitrogen and oxygen atoms in total. The number of hydrogen-bond acceptors (Lipinski definition) is 3. The van der Waals surface area contributed by atoms with Gasteiger partial charge in [0.2, 0.25) is 5.91 Å². The van der Waals surface area contributed by atoms with Gasteiger partial charge in [-0.2, -0.15) is 0 Å². The quantitative estimate of drug-likeness (QED) is 0.559. The van der Waals surface area contributed by atoms with E-state index in [-0.39, 0.29) is 11.9 Å². The number of hydrogen-bond donors (Lipinski definition) is 2. The van der Waals surface area contributed by atoms with Crippen molar-refractivity contribution in [2.24, 2.45) is 0 Å². The number of carbonyl (C=O) groups is 1. The number of nitrogens with one attached hydrogen (secondary N) is 2. The van der Waals surface area contributed by atoms with Gasteiger partial charge in [0, 0.05) is 11.4 Å². The highest BCUT2D eigenvalue weighted by atomic mass is 32.1. The van der Waals surface area contributed by atoms with E-state index in [2.05, 4.69) is 46.3 Å². The molecule has 0 fully saturated rings. The summed E-state index contributed by atoms with van der Waals surface area (Å²) < 4.78 is 0. The number of amides is 1. The predicted molar refractivity (Wildman–Crippen MR) is 108 cm³/mol. The molecule has 4 heteroatoms. The highest BCUT2D eigenvalue weighted by Gasteiger charge is 2.15. The largest absolute Gasteiger partial charge is 0.355 e. The number of benzene rings is 2. The van der Waals surface area contributed by atoms with E-state index in [1.54, 1.807) is 11.3 Å². The summed E-state index contributed by atoms with van der Waals surface area (Å²) in [6.45, 7) is 1.01. The molecule has 0 aliphatic heterocycles. The van der Waals surface area contributed by atoms with Gasteiger partial charge in [-0.1, -0.05) is 66.7 Å². The Bertz CT molecular complexity index is 772. The highest BCUT2D eigenvalue weighted by Crippen LogP contribution is 2.25. The Hall–Kier alpha value is -2.43. The summed E-state index contributed by atoms with van der Waals surface area (Å²) in [5, 5.41) is 8.47. The summed E-state index contributed by atoms with van der Waals surface area (Å²) in [5.41, 5.74) is 2.48. The minimum Gasteiger partial charge on any atom is -0.355 e. The molecule has 3 rings (SSSR count). The first kappa shape index (κ1) is 18.4. The molecular formula is C22H24N2OS. The van der Waals surface area contributed by atoms with Crippen LogP contribution in [-0.4, -0.2) is 19.0 Å². The molecule has 2 N–H and O–H groups in total. The third-order valence-electron chi connectivity index (χ3n) is 4.23. The number of carbonyl (C=O) groups excluding carboxylic acids is 1. The maximum absolute atomic E-state index is 12.2. The lowest BCUT2D eigenvalue weighted by molar-refractivity contribution is -0.120. The SMILES string of the molecule is O=C(CN[C@@H](c1ccccc1)c1cccs1)NCCCc1ccccc1. The van der Waals surface area contributed by atoms with Crippen molar-refractivity contribution >= 4 is 17.2 Å². The first-order valence-corrected chi connectivity index (χ1v) is 9.83. The molecule has 0 spiro atoms. The van der Waals surface area contributed by atoms with Gasteiger partial charge >= 0.3 is 0 Å². The molecular weight excluding hydrogens is 340 g/mol. The van der Waals surface area contributed by atoms with E-state index < -0.39 is 0 Å². The van der Waals surface area contributed by atoms with E-state index in [1.165, 1.54) is 16.0 Å². The van der Waals surface area contributed by atoms with Crippen LogP contribution in [0.15, 0.2) is 78.2 Å². The molecule has 2 aromatic carbocycles. The molecule has 0 saturated carbocycles. The summed E-state index contributed by atoms with van der Waals surface area (Å²) in [6.07, 6.45) is 1.93. The van der Waals surface area contributed by atoms with Crippen LogP contribution in [0, 0.1) is 0 Å². The summed E-state index contributed by atoms with van der Waals surface area (Å²) in [7, 11) is 0. The standard InChI is InChI=1S/C22H24N2OS/c25-21(23-15-7-11-18-9-3-1-4-10-18)17-24-22(20-14-8-16-26-20)19-12-5-2-6-13-19/h1-6,8-10,12-14,16,22,24H,7,11,15,17H2,(H,23,25)/t22-/m0/s1. The zero-order valence-corrected chi connectivity index (χ0v) is 15.5. The molecule has 0 unspecified atom stereocenters. The molecule has 0 radical (unpaired) electrons.